The number of fused-ring (bicyclic) bond motifs is 5. The van der Waals surface area contributed by atoms with Crippen molar-refractivity contribution in [2.75, 3.05) is 5.32 Å². The first-order valence-corrected chi connectivity index (χ1v) is 7.82. The highest BCUT2D eigenvalue weighted by Gasteiger charge is 2.53. The van der Waals surface area contributed by atoms with Crippen LogP contribution in [0, 0.1) is 29.5 Å². The highest BCUT2D eigenvalue weighted by molar-refractivity contribution is 6.33. The van der Waals surface area contributed by atoms with E-state index in [4.69, 9.17) is 11.6 Å². The number of hydrogen-bond acceptors (Lipinski definition) is 1. The van der Waals surface area contributed by atoms with E-state index in [0.717, 1.165) is 23.7 Å². The van der Waals surface area contributed by atoms with Gasteiger partial charge >= 0.3 is 0 Å². The monoisotopic (exact) mass is 279 g/mol. The van der Waals surface area contributed by atoms with Crippen LogP contribution in [0.15, 0.2) is 18.2 Å². The normalized spacial score (nSPS) is 39.6. The molecule has 0 aliphatic heterocycles. The molecular formula is C16H19ClFN. The number of nitrogens with one attached hydrogen (secondary N) is 1. The maximum atomic E-state index is 13.9. The first-order valence-electron chi connectivity index (χ1n) is 7.44. The number of para-hydroxylation sites is 1. The summed E-state index contributed by atoms with van der Waals surface area (Å²) in [7, 11) is 0. The molecule has 1 nitrogen and oxygen atoms in total. The number of hydrogen-bond donors (Lipinski definition) is 1. The Labute approximate surface area is 118 Å². The van der Waals surface area contributed by atoms with Crippen LogP contribution in [0.1, 0.15) is 32.1 Å². The Kier molecular flexibility index (Phi) is 2.77. The van der Waals surface area contributed by atoms with E-state index in [1.54, 1.807) is 12.1 Å². The number of anilines is 1. The van der Waals surface area contributed by atoms with Crippen LogP contribution >= 0.6 is 11.6 Å². The SMILES string of the molecule is Fc1cccc(Cl)c1NC1CC2CC1C1CCCC21. The third-order valence-corrected chi connectivity index (χ3v) is 6.04. The molecule has 19 heavy (non-hydrogen) atoms. The molecule has 0 spiro atoms. The van der Waals surface area contributed by atoms with Crippen molar-refractivity contribution < 1.29 is 4.39 Å². The zero-order valence-electron chi connectivity index (χ0n) is 10.9. The quantitative estimate of drug-likeness (QED) is 0.826. The van der Waals surface area contributed by atoms with Crippen molar-refractivity contribution >= 4 is 17.3 Å². The topological polar surface area (TPSA) is 12.0 Å². The van der Waals surface area contributed by atoms with Crippen molar-refractivity contribution in [3.8, 4) is 0 Å². The average molecular weight is 280 g/mol. The molecule has 1 N–H and O–H groups in total. The van der Waals surface area contributed by atoms with Crippen LogP contribution in [-0.2, 0) is 0 Å². The van der Waals surface area contributed by atoms with Crippen LogP contribution in [0.3, 0.4) is 0 Å². The first-order chi connectivity index (χ1) is 9.24. The summed E-state index contributed by atoms with van der Waals surface area (Å²) in [6, 6.07) is 5.34. The van der Waals surface area contributed by atoms with Crippen molar-refractivity contribution in [1.29, 1.82) is 0 Å². The van der Waals surface area contributed by atoms with Gasteiger partial charge in [-0.25, -0.2) is 4.39 Å². The molecule has 102 valence electrons. The minimum Gasteiger partial charge on any atom is -0.378 e. The van der Waals surface area contributed by atoms with Gasteiger partial charge in [-0.2, -0.15) is 0 Å². The van der Waals surface area contributed by atoms with Crippen molar-refractivity contribution in [2.24, 2.45) is 23.7 Å². The number of halogens is 2. The van der Waals surface area contributed by atoms with E-state index >= 15 is 0 Å². The standard InChI is InChI=1S/C16H19ClFN/c17-13-5-2-6-14(18)16(13)19-15-8-9-7-12(15)11-4-1-3-10(9)11/h2,5-6,9-12,15,19H,1,3-4,7-8H2. The van der Waals surface area contributed by atoms with Crippen molar-refractivity contribution in [3.63, 3.8) is 0 Å². The Hall–Kier alpha value is -0.760. The minimum absolute atomic E-state index is 0.224. The largest absolute Gasteiger partial charge is 0.378 e. The summed E-state index contributed by atoms with van der Waals surface area (Å²) in [5, 5.41) is 3.92. The van der Waals surface area contributed by atoms with Crippen LogP contribution in [0.2, 0.25) is 5.02 Å². The van der Waals surface area contributed by atoms with Gasteiger partial charge in [0.05, 0.1) is 10.7 Å². The number of benzene rings is 1. The summed E-state index contributed by atoms with van der Waals surface area (Å²) in [4.78, 5) is 0. The molecule has 2 bridgehead atoms. The van der Waals surface area contributed by atoms with E-state index in [-0.39, 0.29) is 5.82 Å². The summed E-state index contributed by atoms with van der Waals surface area (Å²) in [6.45, 7) is 0. The molecule has 3 aliphatic rings. The second-order valence-corrected chi connectivity index (χ2v) is 6.91. The van der Waals surface area contributed by atoms with Crippen molar-refractivity contribution in [3.05, 3.63) is 29.0 Å². The van der Waals surface area contributed by atoms with Crippen LogP contribution in [0.5, 0.6) is 0 Å². The van der Waals surface area contributed by atoms with Crippen LogP contribution < -0.4 is 5.32 Å². The lowest BCUT2D eigenvalue weighted by atomic mass is 9.79. The van der Waals surface area contributed by atoms with Gasteiger partial charge in [-0.15, -0.1) is 0 Å². The van der Waals surface area contributed by atoms with E-state index in [1.807, 2.05) is 0 Å². The molecule has 0 radical (unpaired) electrons. The van der Waals surface area contributed by atoms with E-state index in [9.17, 15) is 4.39 Å². The summed E-state index contributed by atoms with van der Waals surface area (Å²) in [5.41, 5.74) is 0.510. The zero-order valence-corrected chi connectivity index (χ0v) is 11.7. The lowest BCUT2D eigenvalue weighted by molar-refractivity contribution is 0.243. The molecule has 1 aromatic carbocycles. The maximum Gasteiger partial charge on any atom is 0.147 e. The fourth-order valence-electron chi connectivity index (χ4n) is 5.06. The first kappa shape index (κ1) is 12.0. The Bertz CT molecular complexity index is 483. The second kappa shape index (κ2) is 4.37. The lowest BCUT2D eigenvalue weighted by Crippen LogP contribution is -2.34. The fourth-order valence-corrected chi connectivity index (χ4v) is 5.27. The van der Waals surface area contributed by atoms with Crippen LogP contribution in [0.25, 0.3) is 0 Å². The predicted octanol–water partition coefficient (Wildman–Crippen LogP) is 4.72. The lowest BCUT2D eigenvalue weighted by Gasteiger charge is -2.33. The smallest absolute Gasteiger partial charge is 0.147 e. The highest BCUT2D eigenvalue weighted by Crippen LogP contribution is 2.59. The molecule has 5 unspecified atom stereocenters. The van der Waals surface area contributed by atoms with Gasteiger partial charge < -0.3 is 5.32 Å². The van der Waals surface area contributed by atoms with Gasteiger partial charge in [0.2, 0.25) is 0 Å². The van der Waals surface area contributed by atoms with Gasteiger partial charge in [-0.1, -0.05) is 24.1 Å². The van der Waals surface area contributed by atoms with E-state index in [0.29, 0.717) is 16.8 Å². The van der Waals surface area contributed by atoms with Gasteiger partial charge in [0.25, 0.3) is 0 Å². The van der Waals surface area contributed by atoms with E-state index in [1.165, 1.54) is 38.2 Å². The summed E-state index contributed by atoms with van der Waals surface area (Å²) >= 11 is 6.12. The molecule has 0 saturated heterocycles. The summed E-state index contributed by atoms with van der Waals surface area (Å²) in [5.74, 6) is 3.26. The summed E-state index contributed by atoms with van der Waals surface area (Å²) < 4.78 is 13.9. The van der Waals surface area contributed by atoms with Crippen LogP contribution in [0.4, 0.5) is 10.1 Å². The van der Waals surface area contributed by atoms with Gasteiger partial charge in [-0.3, -0.25) is 0 Å². The van der Waals surface area contributed by atoms with E-state index < -0.39 is 0 Å². The molecule has 4 rings (SSSR count). The molecule has 1 aromatic rings. The zero-order chi connectivity index (χ0) is 13.0. The minimum atomic E-state index is -0.224. The highest BCUT2D eigenvalue weighted by atomic mass is 35.5. The average Bonchev–Trinajstić information content (AvgIpc) is 3.05. The molecule has 0 amide bonds. The van der Waals surface area contributed by atoms with Crippen LogP contribution in [-0.4, -0.2) is 6.04 Å². The molecule has 0 heterocycles. The third-order valence-electron chi connectivity index (χ3n) is 5.72. The van der Waals surface area contributed by atoms with Crippen molar-refractivity contribution in [2.45, 2.75) is 38.1 Å². The molecule has 3 fully saturated rings. The molecule has 3 saturated carbocycles. The maximum absolute atomic E-state index is 13.9. The van der Waals surface area contributed by atoms with Gasteiger partial charge in [-0.05, 0) is 61.5 Å². The Morgan fingerprint density at radius 1 is 1.11 bits per heavy atom. The molecule has 0 aromatic heterocycles. The fraction of sp³-hybridized carbons (Fsp3) is 0.625. The molecular weight excluding hydrogens is 261 g/mol. The third kappa shape index (κ3) is 1.79. The second-order valence-electron chi connectivity index (χ2n) is 6.50. The van der Waals surface area contributed by atoms with Gasteiger partial charge in [0.1, 0.15) is 5.82 Å². The molecule has 3 heteroatoms. The van der Waals surface area contributed by atoms with Gasteiger partial charge in [0.15, 0.2) is 0 Å². The summed E-state index contributed by atoms with van der Waals surface area (Å²) in [6.07, 6.45) is 6.76. The molecule has 3 aliphatic carbocycles. The Morgan fingerprint density at radius 2 is 1.95 bits per heavy atom. The number of rotatable bonds is 2. The van der Waals surface area contributed by atoms with Gasteiger partial charge in [0, 0.05) is 6.04 Å². The Morgan fingerprint density at radius 3 is 2.79 bits per heavy atom. The molecule has 5 atom stereocenters. The van der Waals surface area contributed by atoms with Crippen molar-refractivity contribution in [1.82, 2.24) is 0 Å². The predicted molar refractivity (Wildman–Crippen MR) is 75.9 cm³/mol. The Balaban J connectivity index is 1.56. The van der Waals surface area contributed by atoms with E-state index in [2.05, 4.69) is 5.32 Å².